The molecule has 2 fully saturated rings. The molecule has 2 aromatic rings. The van der Waals surface area contributed by atoms with Gasteiger partial charge in [0.2, 0.25) is 5.91 Å². The Morgan fingerprint density at radius 2 is 1.81 bits per heavy atom. The number of ether oxygens (including phenoxy) is 1. The fourth-order valence-electron chi connectivity index (χ4n) is 4.47. The summed E-state index contributed by atoms with van der Waals surface area (Å²) in [6.07, 6.45) is 1.88. The molecule has 0 unspecified atom stereocenters. The van der Waals surface area contributed by atoms with Gasteiger partial charge in [0, 0.05) is 24.7 Å². The SMILES string of the molecule is CCOC(=O)N1CCC(NC(=O)C2(NC(=O)c3ccc(C#Cc4ccccc4)o3)CCNCC2)CC1. The van der Waals surface area contributed by atoms with Crippen molar-refractivity contribution >= 4 is 17.9 Å². The van der Waals surface area contributed by atoms with Crippen molar-refractivity contribution in [3.63, 3.8) is 0 Å². The van der Waals surface area contributed by atoms with E-state index in [9.17, 15) is 14.4 Å². The van der Waals surface area contributed by atoms with Crippen LogP contribution in [0, 0.1) is 11.8 Å². The van der Waals surface area contributed by atoms with E-state index >= 15 is 0 Å². The summed E-state index contributed by atoms with van der Waals surface area (Å²) in [5.74, 6) is 5.76. The number of carbonyl (C=O) groups excluding carboxylic acids is 3. The number of hydrogen-bond donors (Lipinski definition) is 3. The molecule has 2 aliphatic rings. The van der Waals surface area contributed by atoms with E-state index in [1.54, 1.807) is 24.0 Å². The lowest BCUT2D eigenvalue weighted by Crippen LogP contribution is -2.64. The number of piperidine rings is 2. The maximum Gasteiger partial charge on any atom is 0.409 e. The Balaban J connectivity index is 1.38. The third-order valence-corrected chi connectivity index (χ3v) is 6.53. The molecule has 0 bridgehead atoms. The van der Waals surface area contributed by atoms with Gasteiger partial charge in [0.1, 0.15) is 5.54 Å². The van der Waals surface area contributed by atoms with E-state index in [1.165, 1.54) is 0 Å². The fraction of sp³-hybridized carbons (Fsp3) is 0.444. The zero-order valence-corrected chi connectivity index (χ0v) is 20.5. The zero-order chi connectivity index (χ0) is 25.4. The summed E-state index contributed by atoms with van der Waals surface area (Å²) in [5, 5.41) is 9.31. The molecule has 9 nitrogen and oxygen atoms in total. The number of nitrogens with zero attached hydrogens (tertiary/aromatic N) is 1. The van der Waals surface area contributed by atoms with Gasteiger partial charge in [0.25, 0.3) is 5.91 Å². The van der Waals surface area contributed by atoms with Gasteiger partial charge in [0.15, 0.2) is 11.5 Å². The molecule has 4 rings (SSSR count). The lowest BCUT2D eigenvalue weighted by atomic mass is 9.86. The average Bonchev–Trinajstić information content (AvgIpc) is 3.39. The Kier molecular flexibility index (Phi) is 8.28. The summed E-state index contributed by atoms with van der Waals surface area (Å²) in [6, 6.07) is 12.7. The van der Waals surface area contributed by atoms with Gasteiger partial charge in [-0.3, -0.25) is 9.59 Å². The lowest BCUT2D eigenvalue weighted by molar-refractivity contribution is -0.129. The van der Waals surface area contributed by atoms with Crippen LogP contribution in [0.25, 0.3) is 0 Å². The van der Waals surface area contributed by atoms with E-state index in [-0.39, 0.29) is 23.8 Å². The molecule has 0 atom stereocenters. The molecule has 0 spiro atoms. The fourth-order valence-corrected chi connectivity index (χ4v) is 4.47. The molecule has 190 valence electrons. The third kappa shape index (κ3) is 6.26. The van der Waals surface area contributed by atoms with Crippen LogP contribution in [0.3, 0.4) is 0 Å². The van der Waals surface area contributed by atoms with E-state index in [2.05, 4.69) is 27.8 Å². The standard InChI is InChI=1S/C27H32N4O5/c1-2-35-26(34)31-18-12-21(13-19-31)29-25(33)27(14-16-28-17-15-27)30-24(32)23-11-10-22(36-23)9-8-20-6-4-3-5-7-20/h3-7,10-11,21,28H,2,12-19H2,1H3,(H,29,33)(H,30,32). The molecule has 2 saturated heterocycles. The minimum Gasteiger partial charge on any atom is -0.450 e. The van der Waals surface area contributed by atoms with Gasteiger partial charge < -0.3 is 30.0 Å². The van der Waals surface area contributed by atoms with E-state index in [1.807, 2.05) is 30.3 Å². The van der Waals surface area contributed by atoms with Crippen LogP contribution in [0.4, 0.5) is 4.79 Å². The Morgan fingerprint density at radius 3 is 2.50 bits per heavy atom. The molecule has 2 aliphatic heterocycles. The number of nitrogens with one attached hydrogen (secondary N) is 3. The van der Waals surface area contributed by atoms with Gasteiger partial charge in [-0.2, -0.15) is 0 Å². The van der Waals surface area contributed by atoms with E-state index in [0.717, 1.165) is 5.56 Å². The number of likely N-dealkylation sites (tertiary alicyclic amines) is 1. The maximum absolute atomic E-state index is 13.4. The minimum absolute atomic E-state index is 0.0738. The monoisotopic (exact) mass is 492 g/mol. The molecule has 3 heterocycles. The summed E-state index contributed by atoms with van der Waals surface area (Å²) < 4.78 is 10.7. The molecule has 0 aliphatic carbocycles. The van der Waals surface area contributed by atoms with Crippen molar-refractivity contribution in [3.8, 4) is 11.8 Å². The first kappa shape index (κ1) is 25.3. The van der Waals surface area contributed by atoms with Crippen molar-refractivity contribution in [1.82, 2.24) is 20.9 Å². The predicted octanol–water partition coefficient (Wildman–Crippen LogP) is 2.27. The number of hydrogen-bond acceptors (Lipinski definition) is 6. The summed E-state index contributed by atoms with van der Waals surface area (Å²) in [5.41, 5.74) is -0.193. The van der Waals surface area contributed by atoms with Crippen molar-refractivity contribution in [2.75, 3.05) is 32.8 Å². The number of benzene rings is 1. The molecule has 3 amide bonds. The smallest absolute Gasteiger partial charge is 0.409 e. The minimum atomic E-state index is -1.04. The van der Waals surface area contributed by atoms with Gasteiger partial charge in [-0.05, 0) is 75.9 Å². The molecule has 0 radical (unpaired) electrons. The van der Waals surface area contributed by atoms with Crippen LogP contribution in [0.5, 0.6) is 0 Å². The normalized spacial score (nSPS) is 17.4. The van der Waals surface area contributed by atoms with Gasteiger partial charge in [0.05, 0.1) is 6.61 Å². The van der Waals surface area contributed by atoms with E-state index < -0.39 is 11.4 Å². The number of rotatable bonds is 5. The highest BCUT2D eigenvalue weighted by atomic mass is 16.6. The highest BCUT2D eigenvalue weighted by molar-refractivity contribution is 5.97. The summed E-state index contributed by atoms with van der Waals surface area (Å²) >= 11 is 0. The van der Waals surface area contributed by atoms with Crippen LogP contribution in [0.2, 0.25) is 0 Å². The first-order valence-electron chi connectivity index (χ1n) is 12.4. The summed E-state index contributed by atoms with van der Waals surface area (Å²) in [6.45, 7) is 4.37. The van der Waals surface area contributed by atoms with Crippen molar-refractivity contribution in [2.24, 2.45) is 0 Å². The molecule has 9 heteroatoms. The van der Waals surface area contributed by atoms with Crippen LogP contribution in [0.1, 0.15) is 54.5 Å². The molecular formula is C27H32N4O5. The quantitative estimate of drug-likeness (QED) is 0.552. The van der Waals surface area contributed by atoms with Crippen molar-refractivity contribution in [1.29, 1.82) is 0 Å². The van der Waals surface area contributed by atoms with Gasteiger partial charge >= 0.3 is 6.09 Å². The average molecular weight is 493 g/mol. The molecule has 1 aromatic carbocycles. The molecular weight excluding hydrogens is 460 g/mol. The first-order valence-corrected chi connectivity index (χ1v) is 12.4. The Morgan fingerprint density at radius 1 is 1.08 bits per heavy atom. The number of furan rings is 1. The van der Waals surface area contributed by atoms with E-state index in [0.29, 0.717) is 64.2 Å². The van der Waals surface area contributed by atoms with Crippen LogP contribution in [0.15, 0.2) is 46.9 Å². The highest BCUT2D eigenvalue weighted by Crippen LogP contribution is 2.22. The number of amides is 3. The molecule has 0 saturated carbocycles. The highest BCUT2D eigenvalue weighted by Gasteiger charge is 2.42. The third-order valence-electron chi connectivity index (χ3n) is 6.53. The van der Waals surface area contributed by atoms with Crippen LogP contribution in [-0.4, -0.2) is 67.2 Å². The van der Waals surface area contributed by atoms with Crippen LogP contribution < -0.4 is 16.0 Å². The number of carbonyl (C=O) groups is 3. The summed E-state index contributed by atoms with van der Waals surface area (Å²) in [7, 11) is 0. The second-order valence-electron chi connectivity index (χ2n) is 9.00. The predicted molar refractivity (Wildman–Crippen MR) is 133 cm³/mol. The Hall–Kier alpha value is -3.77. The molecule has 3 N–H and O–H groups in total. The Labute approximate surface area is 210 Å². The summed E-state index contributed by atoms with van der Waals surface area (Å²) in [4.78, 5) is 40.1. The lowest BCUT2D eigenvalue weighted by Gasteiger charge is -2.39. The van der Waals surface area contributed by atoms with Crippen LogP contribution >= 0.6 is 0 Å². The van der Waals surface area contributed by atoms with Crippen molar-refractivity contribution in [2.45, 2.75) is 44.2 Å². The topological polar surface area (TPSA) is 113 Å². The second-order valence-corrected chi connectivity index (χ2v) is 9.00. The van der Waals surface area contributed by atoms with Gasteiger partial charge in [-0.25, -0.2) is 4.79 Å². The van der Waals surface area contributed by atoms with Crippen molar-refractivity contribution < 1.29 is 23.5 Å². The first-order chi connectivity index (χ1) is 17.5. The second kappa shape index (κ2) is 11.8. The van der Waals surface area contributed by atoms with Crippen molar-refractivity contribution in [3.05, 3.63) is 59.5 Å². The van der Waals surface area contributed by atoms with E-state index in [4.69, 9.17) is 9.15 Å². The van der Waals surface area contributed by atoms with Crippen LogP contribution in [-0.2, 0) is 9.53 Å². The zero-order valence-electron chi connectivity index (χ0n) is 20.5. The maximum atomic E-state index is 13.4. The molecule has 1 aromatic heterocycles. The van der Waals surface area contributed by atoms with Gasteiger partial charge in [-0.15, -0.1) is 0 Å². The van der Waals surface area contributed by atoms with Gasteiger partial charge in [-0.1, -0.05) is 24.1 Å². The Bertz CT molecular complexity index is 1120. The largest absolute Gasteiger partial charge is 0.450 e. The molecule has 36 heavy (non-hydrogen) atoms.